The van der Waals surface area contributed by atoms with E-state index < -0.39 is 10.0 Å². The number of sulfonamides is 1. The minimum atomic E-state index is -3.56. The predicted octanol–water partition coefficient (Wildman–Crippen LogP) is 3.74. The smallest absolute Gasteiger partial charge is 0.250 e. The Hall–Kier alpha value is -3.04. The molecule has 184 valence electrons. The van der Waals surface area contributed by atoms with Crippen molar-refractivity contribution in [2.75, 3.05) is 45.9 Å². The Morgan fingerprint density at radius 2 is 1.68 bits per heavy atom. The van der Waals surface area contributed by atoms with E-state index in [-0.39, 0.29) is 10.8 Å². The van der Waals surface area contributed by atoms with Crippen molar-refractivity contribution in [2.45, 2.75) is 31.6 Å². The van der Waals surface area contributed by atoms with Crippen LogP contribution in [-0.4, -0.2) is 59.6 Å². The molecule has 8 nitrogen and oxygen atoms in total. The lowest BCUT2D eigenvalue weighted by Gasteiger charge is -2.29. The number of carbonyl (C=O) groups excluding carboxylic acids is 1. The number of hydrogen-bond acceptors (Lipinski definition) is 6. The summed E-state index contributed by atoms with van der Waals surface area (Å²) in [4.78, 5) is 15.0. The van der Waals surface area contributed by atoms with Crippen LogP contribution in [0, 0.1) is 0 Å². The zero-order chi connectivity index (χ0) is 24.9. The van der Waals surface area contributed by atoms with Gasteiger partial charge in [0.15, 0.2) is 11.5 Å². The molecule has 0 saturated carbocycles. The van der Waals surface area contributed by atoms with Crippen LogP contribution in [0.5, 0.6) is 17.2 Å². The predicted molar refractivity (Wildman–Crippen MR) is 132 cm³/mol. The molecule has 0 atom stereocenters. The van der Waals surface area contributed by atoms with Gasteiger partial charge in [-0.15, -0.1) is 0 Å². The van der Waals surface area contributed by atoms with Crippen LogP contribution in [0.1, 0.15) is 31.4 Å². The van der Waals surface area contributed by atoms with Crippen molar-refractivity contribution < 1.29 is 27.4 Å². The van der Waals surface area contributed by atoms with Gasteiger partial charge >= 0.3 is 0 Å². The number of amides is 1. The van der Waals surface area contributed by atoms with Gasteiger partial charge in [-0.25, -0.2) is 8.42 Å². The highest BCUT2D eigenvalue weighted by Gasteiger charge is 2.26. The maximum atomic E-state index is 13.1. The van der Waals surface area contributed by atoms with E-state index in [1.165, 1.54) is 31.7 Å². The number of aryl methyl sites for hydroxylation is 1. The van der Waals surface area contributed by atoms with E-state index in [9.17, 15) is 13.2 Å². The standard InChI is InChI=1S/C25H32N2O6S/c1-6-26(7-2)34(29,30)20-11-12-21-19(17-20)9-8-14-27(21)24(28)13-10-18-15-22(31-3)25(33-5)23(16-18)32-4/h10-13,15-17H,6-9,14H2,1-5H3. The summed E-state index contributed by atoms with van der Waals surface area (Å²) in [5, 5.41) is 0. The molecule has 1 aliphatic rings. The second-order valence-corrected chi connectivity index (χ2v) is 9.70. The second kappa shape index (κ2) is 10.9. The second-order valence-electron chi connectivity index (χ2n) is 7.77. The van der Waals surface area contributed by atoms with Gasteiger partial charge in [-0.2, -0.15) is 4.31 Å². The van der Waals surface area contributed by atoms with Gasteiger partial charge in [0, 0.05) is 31.4 Å². The van der Waals surface area contributed by atoms with Gasteiger partial charge < -0.3 is 19.1 Å². The summed E-state index contributed by atoms with van der Waals surface area (Å²) in [6.07, 6.45) is 4.67. The summed E-state index contributed by atoms with van der Waals surface area (Å²) in [6.45, 7) is 5.02. The quantitative estimate of drug-likeness (QED) is 0.500. The first kappa shape index (κ1) is 25.6. The number of nitrogens with zero attached hydrogens (tertiary/aromatic N) is 2. The van der Waals surface area contributed by atoms with E-state index in [0.29, 0.717) is 36.9 Å². The number of ether oxygens (including phenoxy) is 3. The lowest BCUT2D eigenvalue weighted by Crippen LogP contribution is -2.35. The fraction of sp³-hybridized carbons (Fsp3) is 0.400. The molecule has 2 aromatic rings. The fourth-order valence-electron chi connectivity index (χ4n) is 4.13. The highest BCUT2D eigenvalue weighted by molar-refractivity contribution is 7.89. The highest BCUT2D eigenvalue weighted by atomic mass is 32.2. The molecule has 1 aliphatic heterocycles. The SMILES string of the molecule is CCN(CC)S(=O)(=O)c1ccc2c(c1)CCCN2C(=O)C=Cc1cc(OC)c(OC)c(OC)c1. The molecule has 0 unspecified atom stereocenters. The van der Waals surface area contributed by atoms with Gasteiger partial charge in [-0.3, -0.25) is 4.79 Å². The van der Waals surface area contributed by atoms with Crippen molar-refractivity contribution in [2.24, 2.45) is 0 Å². The molecule has 0 aliphatic carbocycles. The van der Waals surface area contributed by atoms with Crippen molar-refractivity contribution in [3.8, 4) is 17.2 Å². The Morgan fingerprint density at radius 3 is 2.24 bits per heavy atom. The van der Waals surface area contributed by atoms with Crippen LogP contribution in [0.4, 0.5) is 5.69 Å². The maximum absolute atomic E-state index is 13.1. The molecule has 0 saturated heterocycles. The third-order valence-corrected chi connectivity index (χ3v) is 7.93. The molecule has 1 amide bonds. The van der Waals surface area contributed by atoms with E-state index in [2.05, 4.69) is 0 Å². The normalized spacial score (nSPS) is 13.8. The van der Waals surface area contributed by atoms with Crippen LogP contribution in [0.3, 0.4) is 0 Å². The van der Waals surface area contributed by atoms with E-state index in [0.717, 1.165) is 29.7 Å². The molecule has 0 aromatic heterocycles. The van der Waals surface area contributed by atoms with Crippen molar-refractivity contribution in [3.63, 3.8) is 0 Å². The average Bonchev–Trinajstić information content (AvgIpc) is 2.86. The molecule has 0 N–H and O–H groups in total. The van der Waals surface area contributed by atoms with Crippen molar-refractivity contribution in [3.05, 3.63) is 47.5 Å². The number of fused-ring (bicyclic) bond motifs is 1. The molecule has 0 bridgehead atoms. The fourth-order valence-corrected chi connectivity index (χ4v) is 5.64. The average molecular weight is 489 g/mol. The highest BCUT2D eigenvalue weighted by Crippen LogP contribution is 2.38. The molecule has 9 heteroatoms. The molecule has 1 heterocycles. The first-order chi connectivity index (χ1) is 16.3. The largest absolute Gasteiger partial charge is 0.493 e. The van der Waals surface area contributed by atoms with Crippen LogP contribution in [0.2, 0.25) is 0 Å². The lowest BCUT2D eigenvalue weighted by molar-refractivity contribution is -0.114. The van der Waals surface area contributed by atoms with Gasteiger partial charge in [0.25, 0.3) is 5.91 Å². The monoisotopic (exact) mass is 488 g/mol. The van der Waals surface area contributed by atoms with Crippen molar-refractivity contribution >= 4 is 27.7 Å². The number of carbonyl (C=O) groups is 1. The van der Waals surface area contributed by atoms with Gasteiger partial charge in [0.05, 0.1) is 26.2 Å². The molecule has 0 radical (unpaired) electrons. The van der Waals surface area contributed by atoms with E-state index in [1.54, 1.807) is 41.3 Å². The summed E-state index contributed by atoms with van der Waals surface area (Å²) < 4.78 is 43.3. The van der Waals surface area contributed by atoms with Gasteiger partial charge in [-0.05, 0) is 60.4 Å². The van der Waals surface area contributed by atoms with Crippen LogP contribution < -0.4 is 19.1 Å². The van der Waals surface area contributed by atoms with Gasteiger partial charge in [0.2, 0.25) is 15.8 Å². The number of rotatable bonds is 9. The van der Waals surface area contributed by atoms with Crippen LogP contribution in [-0.2, 0) is 21.2 Å². The number of hydrogen-bond donors (Lipinski definition) is 0. The third-order valence-electron chi connectivity index (χ3n) is 5.88. The Labute approximate surface area is 201 Å². The molecule has 0 fully saturated rings. The number of anilines is 1. The number of methoxy groups -OCH3 is 3. The maximum Gasteiger partial charge on any atom is 0.250 e. The Morgan fingerprint density at radius 1 is 1.03 bits per heavy atom. The van der Waals surface area contributed by atoms with E-state index in [1.807, 2.05) is 13.8 Å². The minimum Gasteiger partial charge on any atom is -0.493 e. The van der Waals surface area contributed by atoms with E-state index in [4.69, 9.17) is 14.2 Å². The van der Waals surface area contributed by atoms with Crippen LogP contribution >= 0.6 is 0 Å². The summed E-state index contributed by atoms with van der Waals surface area (Å²) >= 11 is 0. The van der Waals surface area contributed by atoms with Crippen molar-refractivity contribution in [1.29, 1.82) is 0 Å². The van der Waals surface area contributed by atoms with E-state index >= 15 is 0 Å². The third kappa shape index (κ3) is 5.05. The molecular weight excluding hydrogens is 456 g/mol. The molecule has 0 spiro atoms. The molecule has 34 heavy (non-hydrogen) atoms. The first-order valence-electron chi connectivity index (χ1n) is 11.2. The molecule has 2 aromatic carbocycles. The molecule has 3 rings (SSSR count). The summed E-state index contributed by atoms with van der Waals surface area (Å²) in [5.74, 6) is 1.29. The summed E-state index contributed by atoms with van der Waals surface area (Å²) in [5.41, 5.74) is 2.32. The Balaban J connectivity index is 1.88. The zero-order valence-electron chi connectivity index (χ0n) is 20.3. The first-order valence-corrected chi connectivity index (χ1v) is 12.7. The molecular formula is C25H32N2O6S. The van der Waals surface area contributed by atoms with Crippen LogP contribution in [0.25, 0.3) is 6.08 Å². The minimum absolute atomic E-state index is 0.186. The summed E-state index contributed by atoms with van der Waals surface area (Å²) in [6, 6.07) is 8.54. The Bertz CT molecular complexity index is 1150. The summed E-state index contributed by atoms with van der Waals surface area (Å²) in [7, 11) is 1.05. The zero-order valence-corrected chi connectivity index (χ0v) is 21.1. The van der Waals surface area contributed by atoms with Gasteiger partial charge in [0.1, 0.15) is 0 Å². The number of benzene rings is 2. The topological polar surface area (TPSA) is 85.4 Å². The van der Waals surface area contributed by atoms with Crippen LogP contribution in [0.15, 0.2) is 41.3 Å². The van der Waals surface area contributed by atoms with Crippen molar-refractivity contribution in [1.82, 2.24) is 4.31 Å². The lowest BCUT2D eigenvalue weighted by atomic mass is 10.0. The Kier molecular flexibility index (Phi) is 8.22. The van der Waals surface area contributed by atoms with Gasteiger partial charge in [-0.1, -0.05) is 13.8 Å².